The van der Waals surface area contributed by atoms with Crippen LogP contribution in [0, 0.1) is 6.92 Å². The lowest BCUT2D eigenvalue weighted by Crippen LogP contribution is -2.43. The van der Waals surface area contributed by atoms with Crippen LogP contribution < -0.4 is 5.32 Å². The topological polar surface area (TPSA) is 98.3 Å². The first-order valence-corrected chi connectivity index (χ1v) is 11.3. The Morgan fingerprint density at radius 1 is 1.19 bits per heavy atom. The summed E-state index contributed by atoms with van der Waals surface area (Å²) in [6.07, 6.45) is 1.28. The van der Waals surface area contributed by atoms with Crippen LogP contribution in [0.4, 0.5) is 5.82 Å². The van der Waals surface area contributed by atoms with Crippen LogP contribution in [0.15, 0.2) is 54.6 Å². The molecule has 2 aromatic heterocycles. The number of aromatic hydroxyl groups is 1. The third-order valence-electron chi connectivity index (χ3n) is 5.78. The van der Waals surface area contributed by atoms with Gasteiger partial charge >= 0.3 is 0 Å². The van der Waals surface area contributed by atoms with E-state index in [2.05, 4.69) is 15.5 Å². The lowest BCUT2D eigenvalue weighted by molar-refractivity contribution is -0.119. The molecule has 0 aliphatic carbocycles. The molecule has 2 amide bonds. The number of rotatable bonds is 4. The van der Waals surface area contributed by atoms with Crippen molar-refractivity contribution in [2.75, 3.05) is 11.9 Å². The van der Waals surface area contributed by atoms with E-state index in [1.165, 1.54) is 9.78 Å². The molecule has 3 N–H and O–H groups in total. The van der Waals surface area contributed by atoms with Crippen LogP contribution in [0.3, 0.4) is 0 Å². The number of aromatic amines is 1. The van der Waals surface area contributed by atoms with Crippen molar-refractivity contribution in [3.63, 3.8) is 0 Å². The Morgan fingerprint density at radius 3 is 2.84 bits per heavy atom. The smallest absolute Gasteiger partial charge is 0.258 e. The zero-order valence-electron chi connectivity index (χ0n) is 17.5. The zero-order chi connectivity index (χ0) is 22.2. The van der Waals surface area contributed by atoms with Crippen LogP contribution in [-0.4, -0.2) is 44.6 Å². The number of likely N-dealkylation sites (tertiary alicyclic amines) is 1. The summed E-state index contributed by atoms with van der Waals surface area (Å²) < 4.78 is 0. The SMILES string of the molecule is Cc1ccc(-c2cc(NC(=O)C3CCCN3C(=O)c3ccc4ccccc4c3O)n[nH]2)s1. The maximum Gasteiger partial charge on any atom is 0.258 e. The van der Waals surface area contributed by atoms with Gasteiger partial charge in [-0.15, -0.1) is 11.3 Å². The van der Waals surface area contributed by atoms with Gasteiger partial charge in [0.2, 0.25) is 5.91 Å². The number of thiophene rings is 1. The van der Waals surface area contributed by atoms with Crippen LogP contribution in [0.25, 0.3) is 21.3 Å². The third kappa shape index (κ3) is 3.62. The lowest BCUT2D eigenvalue weighted by atomic mass is 10.0. The second-order valence-corrected chi connectivity index (χ2v) is 9.19. The minimum absolute atomic E-state index is 0.0534. The first-order chi connectivity index (χ1) is 15.5. The summed E-state index contributed by atoms with van der Waals surface area (Å²) in [6, 6.07) is 16.0. The van der Waals surface area contributed by atoms with Crippen molar-refractivity contribution >= 4 is 39.7 Å². The number of fused-ring (bicyclic) bond motifs is 1. The molecule has 1 unspecified atom stereocenters. The van der Waals surface area contributed by atoms with E-state index in [1.807, 2.05) is 43.3 Å². The molecule has 2 aromatic carbocycles. The van der Waals surface area contributed by atoms with E-state index >= 15 is 0 Å². The molecule has 3 heterocycles. The van der Waals surface area contributed by atoms with E-state index in [4.69, 9.17) is 0 Å². The first kappa shape index (κ1) is 20.3. The molecule has 162 valence electrons. The highest BCUT2D eigenvalue weighted by molar-refractivity contribution is 7.15. The number of nitrogens with one attached hydrogen (secondary N) is 2. The molecule has 0 bridgehead atoms. The standard InChI is InChI=1S/C24H22N4O3S/c1-14-8-11-20(32-14)18-13-21(27-26-18)25-23(30)19-7-4-12-28(19)24(31)17-10-9-15-5-2-3-6-16(15)22(17)29/h2-3,5-6,8-11,13,19,29H,4,7,12H2,1H3,(H2,25,26,27,30). The summed E-state index contributed by atoms with van der Waals surface area (Å²) >= 11 is 1.64. The summed E-state index contributed by atoms with van der Waals surface area (Å²) in [6.45, 7) is 2.50. The van der Waals surface area contributed by atoms with Gasteiger partial charge in [-0.3, -0.25) is 14.7 Å². The number of aryl methyl sites for hydroxylation is 1. The van der Waals surface area contributed by atoms with Gasteiger partial charge in [-0.1, -0.05) is 30.3 Å². The summed E-state index contributed by atoms with van der Waals surface area (Å²) in [5.41, 5.74) is 1.04. The van der Waals surface area contributed by atoms with Crippen LogP contribution in [0.1, 0.15) is 28.1 Å². The summed E-state index contributed by atoms with van der Waals surface area (Å²) in [5, 5.41) is 22.1. The number of hydrogen-bond donors (Lipinski definition) is 3. The number of carbonyl (C=O) groups is 2. The van der Waals surface area contributed by atoms with E-state index in [0.29, 0.717) is 24.2 Å². The molecule has 8 heteroatoms. The molecular weight excluding hydrogens is 424 g/mol. The normalized spacial score (nSPS) is 15.9. The van der Waals surface area contributed by atoms with E-state index < -0.39 is 6.04 Å². The van der Waals surface area contributed by atoms with Crippen molar-refractivity contribution in [2.24, 2.45) is 0 Å². The van der Waals surface area contributed by atoms with Crippen molar-refractivity contribution in [1.29, 1.82) is 0 Å². The Hall–Kier alpha value is -3.65. The lowest BCUT2D eigenvalue weighted by Gasteiger charge is -2.24. The van der Waals surface area contributed by atoms with Gasteiger partial charge in [-0.2, -0.15) is 5.10 Å². The number of hydrogen-bond acceptors (Lipinski definition) is 5. The Labute approximate surface area is 188 Å². The number of anilines is 1. The fourth-order valence-electron chi connectivity index (χ4n) is 4.17. The number of nitrogens with zero attached hydrogens (tertiary/aromatic N) is 2. The highest BCUT2D eigenvalue weighted by Crippen LogP contribution is 2.32. The van der Waals surface area contributed by atoms with Gasteiger partial charge in [0.1, 0.15) is 11.8 Å². The van der Waals surface area contributed by atoms with Crippen molar-refractivity contribution in [3.8, 4) is 16.3 Å². The minimum atomic E-state index is -0.613. The van der Waals surface area contributed by atoms with Crippen LogP contribution in [0.2, 0.25) is 0 Å². The van der Waals surface area contributed by atoms with Gasteiger partial charge in [0.25, 0.3) is 5.91 Å². The first-order valence-electron chi connectivity index (χ1n) is 10.5. The Bertz CT molecular complexity index is 1330. The van der Waals surface area contributed by atoms with E-state index in [0.717, 1.165) is 22.4 Å². The van der Waals surface area contributed by atoms with Gasteiger partial charge < -0.3 is 15.3 Å². The molecule has 0 saturated carbocycles. The highest BCUT2D eigenvalue weighted by atomic mass is 32.1. The predicted octanol–water partition coefficient (Wildman–Crippen LogP) is 4.55. The van der Waals surface area contributed by atoms with E-state index in [9.17, 15) is 14.7 Å². The number of phenolic OH excluding ortho intramolecular Hbond substituents is 1. The largest absolute Gasteiger partial charge is 0.506 e. The predicted molar refractivity (Wildman–Crippen MR) is 125 cm³/mol. The molecule has 5 rings (SSSR count). The zero-order valence-corrected chi connectivity index (χ0v) is 18.3. The molecule has 0 spiro atoms. The highest BCUT2D eigenvalue weighted by Gasteiger charge is 2.36. The molecule has 32 heavy (non-hydrogen) atoms. The van der Waals surface area contributed by atoms with Crippen molar-refractivity contribution in [1.82, 2.24) is 15.1 Å². The Balaban J connectivity index is 1.34. The van der Waals surface area contributed by atoms with Gasteiger partial charge in [0.05, 0.1) is 16.1 Å². The van der Waals surface area contributed by atoms with E-state index in [1.54, 1.807) is 29.5 Å². The van der Waals surface area contributed by atoms with E-state index in [-0.39, 0.29) is 23.1 Å². The number of benzene rings is 2. The van der Waals surface area contributed by atoms with Crippen molar-refractivity contribution in [2.45, 2.75) is 25.8 Å². The fourth-order valence-corrected chi connectivity index (χ4v) is 5.00. The summed E-state index contributed by atoms with van der Waals surface area (Å²) in [5.74, 6) is -0.259. The van der Waals surface area contributed by atoms with Gasteiger partial charge in [-0.25, -0.2) is 0 Å². The van der Waals surface area contributed by atoms with Gasteiger partial charge in [-0.05, 0) is 43.4 Å². The number of phenols is 1. The average molecular weight is 447 g/mol. The molecule has 1 fully saturated rings. The second kappa shape index (κ2) is 8.12. The van der Waals surface area contributed by atoms with Crippen LogP contribution in [-0.2, 0) is 4.79 Å². The van der Waals surface area contributed by atoms with Gasteiger partial charge in [0, 0.05) is 22.9 Å². The number of carbonyl (C=O) groups excluding carboxylic acids is 2. The molecule has 1 aliphatic rings. The van der Waals surface area contributed by atoms with Crippen molar-refractivity contribution < 1.29 is 14.7 Å². The molecule has 7 nitrogen and oxygen atoms in total. The molecule has 1 saturated heterocycles. The summed E-state index contributed by atoms with van der Waals surface area (Å²) in [7, 11) is 0. The number of amides is 2. The quantitative estimate of drug-likeness (QED) is 0.428. The minimum Gasteiger partial charge on any atom is -0.506 e. The second-order valence-electron chi connectivity index (χ2n) is 7.91. The molecule has 1 aliphatic heterocycles. The number of H-pyrrole nitrogens is 1. The average Bonchev–Trinajstić information content (AvgIpc) is 3.54. The molecule has 4 aromatic rings. The third-order valence-corrected chi connectivity index (χ3v) is 6.82. The van der Waals surface area contributed by atoms with Gasteiger partial charge in [0.15, 0.2) is 5.82 Å². The van der Waals surface area contributed by atoms with Crippen LogP contribution >= 0.6 is 11.3 Å². The Kier molecular flexibility index (Phi) is 5.14. The van der Waals surface area contributed by atoms with Crippen molar-refractivity contribution in [3.05, 3.63) is 65.0 Å². The fraction of sp³-hybridized carbons (Fsp3) is 0.208. The van der Waals surface area contributed by atoms with Crippen LogP contribution in [0.5, 0.6) is 5.75 Å². The molecule has 0 radical (unpaired) electrons. The molecular formula is C24H22N4O3S. The maximum atomic E-state index is 13.2. The molecule has 1 atom stereocenters. The summed E-state index contributed by atoms with van der Waals surface area (Å²) in [4.78, 5) is 30.0. The Morgan fingerprint density at radius 2 is 2.03 bits per heavy atom. The monoisotopic (exact) mass is 446 g/mol. The number of aromatic nitrogens is 2. The maximum absolute atomic E-state index is 13.2.